The second kappa shape index (κ2) is 11.9. The number of carbonyl (C=O) groups excluding carboxylic acids is 1. The number of anilines is 1. The molecule has 0 unspecified atom stereocenters. The lowest BCUT2D eigenvalue weighted by Crippen LogP contribution is -2.42. The van der Waals surface area contributed by atoms with Crippen LogP contribution in [0.3, 0.4) is 0 Å². The Labute approximate surface area is 209 Å². The van der Waals surface area contributed by atoms with Gasteiger partial charge >= 0.3 is 0 Å². The topological polar surface area (TPSA) is 75.7 Å². The van der Waals surface area contributed by atoms with Gasteiger partial charge in [0.05, 0.1) is 17.1 Å². The lowest BCUT2D eigenvalue weighted by molar-refractivity contribution is -0.119. The van der Waals surface area contributed by atoms with Crippen LogP contribution in [-0.2, 0) is 21.2 Å². The average molecular weight is 495 g/mol. The molecule has 0 saturated carbocycles. The molecule has 0 aromatic heterocycles. The minimum absolute atomic E-state index is 0.143. The summed E-state index contributed by atoms with van der Waals surface area (Å²) in [5.41, 5.74) is 4.66. The molecule has 0 aliphatic rings. The maximum Gasteiger partial charge on any atom is 0.264 e. The van der Waals surface area contributed by atoms with Crippen molar-refractivity contribution in [1.82, 2.24) is 5.32 Å². The molecule has 0 aliphatic carbocycles. The number of nitrogens with one attached hydrogen (secondary N) is 1. The van der Waals surface area contributed by atoms with Gasteiger partial charge in [0.25, 0.3) is 10.0 Å². The van der Waals surface area contributed by atoms with Crippen LogP contribution in [0.5, 0.6) is 5.75 Å². The Hall–Kier alpha value is -3.32. The van der Waals surface area contributed by atoms with Crippen molar-refractivity contribution >= 4 is 21.6 Å². The van der Waals surface area contributed by atoms with Gasteiger partial charge in [-0.1, -0.05) is 49.2 Å². The molecule has 3 rings (SSSR count). The van der Waals surface area contributed by atoms with Crippen LogP contribution in [0.15, 0.2) is 71.6 Å². The summed E-state index contributed by atoms with van der Waals surface area (Å²) < 4.78 is 33.8. The van der Waals surface area contributed by atoms with E-state index < -0.39 is 15.9 Å². The molecule has 0 atom stereocenters. The van der Waals surface area contributed by atoms with Gasteiger partial charge < -0.3 is 10.1 Å². The number of hydrogen-bond donors (Lipinski definition) is 1. The van der Waals surface area contributed by atoms with Gasteiger partial charge in [0, 0.05) is 0 Å². The molecule has 7 heteroatoms. The molecule has 3 aromatic rings. The van der Waals surface area contributed by atoms with Crippen molar-refractivity contribution in [1.29, 1.82) is 0 Å². The van der Waals surface area contributed by atoms with Crippen LogP contribution in [0.2, 0.25) is 0 Å². The summed E-state index contributed by atoms with van der Waals surface area (Å²) in [5.74, 6) is 0.332. The number of rotatable bonds is 11. The van der Waals surface area contributed by atoms with E-state index in [-0.39, 0.29) is 24.6 Å². The molecule has 0 aliphatic heterocycles. The van der Waals surface area contributed by atoms with Crippen LogP contribution in [0.25, 0.3) is 0 Å². The van der Waals surface area contributed by atoms with E-state index in [4.69, 9.17) is 4.74 Å². The smallest absolute Gasteiger partial charge is 0.264 e. The Balaban J connectivity index is 1.68. The van der Waals surface area contributed by atoms with E-state index in [0.29, 0.717) is 5.69 Å². The van der Waals surface area contributed by atoms with Crippen molar-refractivity contribution in [2.24, 2.45) is 0 Å². The summed E-state index contributed by atoms with van der Waals surface area (Å²) in [6.07, 6.45) is 2.11. The van der Waals surface area contributed by atoms with Crippen LogP contribution in [0.1, 0.15) is 35.6 Å². The van der Waals surface area contributed by atoms with Crippen molar-refractivity contribution in [2.45, 2.75) is 45.4 Å². The van der Waals surface area contributed by atoms with E-state index in [9.17, 15) is 13.2 Å². The van der Waals surface area contributed by atoms with Crippen molar-refractivity contribution < 1.29 is 17.9 Å². The number of nitrogens with zero attached hydrogens (tertiary/aromatic N) is 1. The fourth-order valence-electron chi connectivity index (χ4n) is 3.62. The molecule has 1 amide bonds. The monoisotopic (exact) mass is 494 g/mol. The van der Waals surface area contributed by atoms with E-state index in [1.165, 1.54) is 5.56 Å². The zero-order valence-electron chi connectivity index (χ0n) is 20.9. The largest absolute Gasteiger partial charge is 0.492 e. The molecule has 0 fully saturated rings. The van der Waals surface area contributed by atoms with Crippen LogP contribution in [0, 0.1) is 20.8 Å². The third-order valence-corrected chi connectivity index (χ3v) is 7.62. The van der Waals surface area contributed by atoms with Gasteiger partial charge in [-0.2, -0.15) is 0 Å². The molecule has 0 saturated heterocycles. The third kappa shape index (κ3) is 7.09. The summed E-state index contributed by atoms with van der Waals surface area (Å²) in [6, 6.07) is 19.9. The standard InChI is InChI=1S/C28H34N2O4S/c1-5-6-24-10-13-26(14-11-24)34-18-17-29-28(31)20-30(25-12-9-22(3)23(4)19-25)35(32,33)27-15-7-21(2)8-16-27/h7-16,19H,5-6,17-18,20H2,1-4H3,(H,29,31). The SMILES string of the molecule is CCCc1ccc(OCCNC(=O)CN(c2ccc(C)c(C)c2)S(=O)(=O)c2ccc(C)cc2)cc1. The van der Waals surface area contributed by atoms with Gasteiger partial charge in [-0.05, 0) is 80.3 Å². The van der Waals surface area contributed by atoms with Gasteiger partial charge in [0.1, 0.15) is 18.9 Å². The summed E-state index contributed by atoms with van der Waals surface area (Å²) in [7, 11) is -3.94. The van der Waals surface area contributed by atoms with Crippen LogP contribution >= 0.6 is 0 Å². The predicted molar refractivity (Wildman–Crippen MR) is 141 cm³/mol. The molecule has 186 valence electrons. The van der Waals surface area contributed by atoms with Crippen molar-refractivity contribution in [3.63, 3.8) is 0 Å². The zero-order valence-corrected chi connectivity index (χ0v) is 21.7. The molecule has 0 radical (unpaired) electrons. The summed E-state index contributed by atoms with van der Waals surface area (Å²) in [4.78, 5) is 12.9. The molecule has 6 nitrogen and oxygen atoms in total. The first-order valence-electron chi connectivity index (χ1n) is 11.9. The fraction of sp³-hybridized carbons (Fsp3) is 0.321. The first kappa shape index (κ1) is 26.3. The number of hydrogen-bond acceptors (Lipinski definition) is 4. The molecule has 0 heterocycles. The van der Waals surface area contributed by atoms with Crippen molar-refractivity contribution in [3.8, 4) is 5.75 Å². The van der Waals surface area contributed by atoms with E-state index in [1.807, 2.05) is 51.1 Å². The summed E-state index contributed by atoms with van der Waals surface area (Å²) in [6.45, 7) is 8.13. The number of ether oxygens (including phenoxy) is 1. The first-order valence-corrected chi connectivity index (χ1v) is 13.3. The van der Waals surface area contributed by atoms with Crippen LogP contribution < -0.4 is 14.4 Å². The van der Waals surface area contributed by atoms with Gasteiger partial charge in [-0.15, -0.1) is 0 Å². The minimum Gasteiger partial charge on any atom is -0.492 e. The molecule has 35 heavy (non-hydrogen) atoms. The maximum absolute atomic E-state index is 13.5. The highest BCUT2D eigenvalue weighted by Crippen LogP contribution is 2.26. The van der Waals surface area contributed by atoms with Gasteiger partial charge in [0.2, 0.25) is 5.91 Å². The number of amides is 1. The van der Waals surface area contributed by atoms with Crippen LogP contribution in [0.4, 0.5) is 5.69 Å². The number of carbonyl (C=O) groups is 1. The predicted octanol–water partition coefficient (Wildman–Crippen LogP) is 4.95. The zero-order chi connectivity index (χ0) is 25.4. The molecular weight excluding hydrogens is 460 g/mol. The van der Waals surface area contributed by atoms with Gasteiger partial charge in [0.15, 0.2) is 0 Å². The molecule has 0 spiro atoms. The Morgan fingerprint density at radius 1 is 0.914 bits per heavy atom. The fourth-order valence-corrected chi connectivity index (χ4v) is 5.03. The van der Waals surface area contributed by atoms with E-state index in [2.05, 4.69) is 12.2 Å². The highest BCUT2D eigenvalue weighted by molar-refractivity contribution is 7.92. The minimum atomic E-state index is -3.94. The molecule has 0 bridgehead atoms. The highest BCUT2D eigenvalue weighted by Gasteiger charge is 2.27. The van der Waals surface area contributed by atoms with Gasteiger partial charge in [-0.25, -0.2) is 8.42 Å². The van der Waals surface area contributed by atoms with Crippen molar-refractivity contribution in [2.75, 3.05) is 24.0 Å². The summed E-state index contributed by atoms with van der Waals surface area (Å²) >= 11 is 0. The molecule has 1 N–H and O–H groups in total. The Morgan fingerprint density at radius 2 is 1.60 bits per heavy atom. The Bertz CT molecular complexity index is 1240. The lowest BCUT2D eigenvalue weighted by atomic mass is 10.1. The third-order valence-electron chi connectivity index (χ3n) is 5.83. The normalized spacial score (nSPS) is 11.2. The maximum atomic E-state index is 13.5. The van der Waals surface area contributed by atoms with E-state index in [0.717, 1.165) is 39.6 Å². The highest BCUT2D eigenvalue weighted by atomic mass is 32.2. The van der Waals surface area contributed by atoms with Gasteiger partial charge in [-0.3, -0.25) is 9.10 Å². The van der Waals surface area contributed by atoms with Crippen LogP contribution in [-0.4, -0.2) is 34.0 Å². The number of aryl methyl sites for hydroxylation is 4. The average Bonchev–Trinajstić information content (AvgIpc) is 2.83. The molecule has 3 aromatic carbocycles. The van der Waals surface area contributed by atoms with E-state index >= 15 is 0 Å². The Kier molecular flexibility index (Phi) is 8.93. The number of sulfonamides is 1. The molecular formula is C28H34N2O4S. The quantitative estimate of drug-likeness (QED) is 0.383. The van der Waals surface area contributed by atoms with E-state index in [1.54, 1.807) is 36.4 Å². The second-order valence-electron chi connectivity index (χ2n) is 8.69. The Morgan fingerprint density at radius 3 is 2.23 bits per heavy atom. The second-order valence-corrected chi connectivity index (χ2v) is 10.5. The lowest BCUT2D eigenvalue weighted by Gasteiger charge is -2.25. The number of benzene rings is 3. The van der Waals surface area contributed by atoms with Crippen molar-refractivity contribution in [3.05, 3.63) is 89.0 Å². The first-order chi connectivity index (χ1) is 16.7. The summed E-state index contributed by atoms with van der Waals surface area (Å²) in [5, 5.41) is 2.77.